The van der Waals surface area contributed by atoms with Crippen molar-refractivity contribution in [3.05, 3.63) is 23.8 Å². The Balaban J connectivity index is 2.81. The van der Waals surface area contributed by atoms with Gasteiger partial charge in [0.2, 0.25) is 0 Å². The number of rotatable bonds is 2. The van der Waals surface area contributed by atoms with E-state index in [0.717, 1.165) is 11.4 Å². The van der Waals surface area contributed by atoms with Crippen molar-refractivity contribution in [3.8, 4) is 0 Å². The lowest BCUT2D eigenvalue weighted by atomic mass is 10.3. The summed E-state index contributed by atoms with van der Waals surface area (Å²) in [7, 11) is 1.48. The number of aromatic nitrogens is 2. The Hall–Kier alpha value is -0.220. The predicted octanol–water partition coefficient (Wildman–Crippen LogP) is 2.42. The maximum atomic E-state index is 4.22. The molecule has 0 bridgehead atoms. The molecule has 0 fully saturated rings. The monoisotopic (exact) mass is 186 g/mol. The molecule has 0 aromatic carbocycles. The highest BCUT2D eigenvalue weighted by Gasteiger charge is 2.04. The van der Waals surface area contributed by atoms with Gasteiger partial charge in [0.1, 0.15) is 0 Å². The number of hydrogen-bond donors (Lipinski definition) is 1. The highest BCUT2D eigenvalue weighted by molar-refractivity contribution is 8.68. The largest absolute Gasteiger partial charge is 0.258 e. The quantitative estimate of drug-likeness (QED) is 0.567. The van der Waals surface area contributed by atoms with Gasteiger partial charge in [-0.25, -0.2) is 0 Å². The van der Waals surface area contributed by atoms with Crippen LogP contribution >= 0.6 is 22.5 Å². The van der Waals surface area contributed by atoms with Gasteiger partial charge >= 0.3 is 0 Å². The Morgan fingerprint density at radius 2 is 2.18 bits per heavy atom. The fraction of sp³-hybridized carbons (Fsp3) is 0.429. The number of aryl methyl sites for hydroxylation is 1. The van der Waals surface area contributed by atoms with Crippen LogP contribution < -0.4 is 0 Å². The maximum Gasteiger partial charge on any atom is 0.0722 e. The van der Waals surface area contributed by atoms with E-state index in [1.54, 1.807) is 12.4 Å². The van der Waals surface area contributed by atoms with Crippen molar-refractivity contribution < 1.29 is 0 Å². The van der Waals surface area contributed by atoms with Gasteiger partial charge in [-0.15, -0.1) is 11.7 Å². The average molecular weight is 186 g/mol. The van der Waals surface area contributed by atoms with Crippen LogP contribution in [0.1, 0.15) is 23.6 Å². The minimum absolute atomic E-state index is 0.312. The van der Waals surface area contributed by atoms with Gasteiger partial charge in [-0.2, -0.15) is 0 Å². The number of hydrogen-bond acceptors (Lipinski definition) is 4. The van der Waals surface area contributed by atoms with Crippen molar-refractivity contribution in [2.75, 3.05) is 0 Å². The molecule has 1 rings (SSSR count). The van der Waals surface area contributed by atoms with Crippen molar-refractivity contribution in [3.63, 3.8) is 0 Å². The summed E-state index contributed by atoms with van der Waals surface area (Å²) in [6.45, 7) is 3.98. The Kier molecular flexibility index (Phi) is 3.20. The van der Waals surface area contributed by atoms with E-state index in [2.05, 4.69) is 28.6 Å². The van der Waals surface area contributed by atoms with E-state index in [4.69, 9.17) is 0 Å². The summed E-state index contributed by atoms with van der Waals surface area (Å²) in [5.41, 5.74) is 1.93. The van der Waals surface area contributed by atoms with Crippen LogP contribution in [0.15, 0.2) is 12.4 Å². The first-order chi connectivity index (χ1) is 5.24. The molecule has 0 saturated heterocycles. The molecule has 11 heavy (non-hydrogen) atoms. The third-order valence-electron chi connectivity index (χ3n) is 1.38. The average Bonchev–Trinajstić information content (AvgIpc) is 2.05. The zero-order valence-electron chi connectivity index (χ0n) is 6.48. The molecule has 4 heteroatoms. The van der Waals surface area contributed by atoms with Gasteiger partial charge in [0.25, 0.3) is 0 Å². The summed E-state index contributed by atoms with van der Waals surface area (Å²) in [5, 5.41) is 0.312. The molecule has 0 amide bonds. The second-order valence-corrected chi connectivity index (χ2v) is 3.88. The number of thiol groups is 1. The van der Waals surface area contributed by atoms with Crippen molar-refractivity contribution in [1.29, 1.82) is 0 Å². The molecule has 0 spiro atoms. The summed E-state index contributed by atoms with van der Waals surface area (Å²) in [6.07, 6.45) is 3.57. The normalized spacial score (nSPS) is 13.0. The summed E-state index contributed by atoms with van der Waals surface area (Å²) in [4.78, 5) is 8.36. The van der Waals surface area contributed by atoms with Crippen LogP contribution in [-0.4, -0.2) is 9.97 Å². The molecule has 1 aromatic rings. The summed E-state index contributed by atoms with van der Waals surface area (Å²) in [5.74, 6) is 0. The highest BCUT2D eigenvalue weighted by Crippen LogP contribution is 2.28. The van der Waals surface area contributed by atoms with E-state index in [-0.39, 0.29) is 0 Å². The minimum atomic E-state index is 0.312. The zero-order valence-corrected chi connectivity index (χ0v) is 8.19. The fourth-order valence-electron chi connectivity index (χ4n) is 0.667. The first-order valence-electron chi connectivity index (χ1n) is 3.33. The molecule has 0 aliphatic rings. The first kappa shape index (κ1) is 8.87. The van der Waals surface area contributed by atoms with Crippen LogP contribution in [0.4, 0.5) is 0 Å². The smallest absolute Gasteiger partial charge is 0.0722 e. The summed E-state index contributed by atoms with van der Waals surface area (Å²) >= 11 is 4.10. The van der Waals surface area contributed by atoms with Gasteiger partial charge in [-0.05, 0) is 13.8 Å². The molecule has 2 nitrogen and oxygen atoms in total. The SMILES string of the molecule is Cc1cnc(C(C)SS)cn1. The molecule has 1 atom stereocenters. The first-order valence-corrected chi connectivity index (χ1v) is 5.26. The Morgan fingerprint density at radius 1 is 1.45 bits per heavy atom. The van der Waals surface area contributed by atoms with E-state index in [1.807, 2.05) is 6.92 Å². The topological polar surface area (TPSA) is 25.8 Å². The van der Waals surface area contributed by atoms with Gasteiger partial charge in [-0.1, -0.05) is 10.8 Å². The minimum Gasteiger partial charge on any atom is -0.258 e. The van der Waals surface area contributed by atoms with Crippen LogP contribution in [0.3, 0.4) is 0 Å². The third-order valence-corrected chi connectivity index (χ3v) is 2.88. The van der Waals surface area contributed by atoms with Crippen molar-refractivity contribution in [1.82, 2.24) is 9.97 Å². The molecular weight excluding hydrogens is 176 g/mol. The third kappa shape index (κ3) is 2.38. The standard InChI is InChI=1S/C7H10N2S2/c1-5-3-9-7(4-8-5)6(2)11-10/h3-4,6,10H,1-2H3. The van der Waals surface area contributed by atoms with Crippen molar-refractivity contribution in [2.45, 2.75) is 19.1 Å². The maximum absolute atomic E-state index is 4.22. The molecule has 1 heterocycles. The molecule has 0 aliphatic carbocycles. The lowest BCUT2D eigenvalue weighted by molar-refractivity contribution is 0.962. The Morgan fingerprint density at radius 3 is 2.64 bits per heavy atom. The van der Waals surface area contributed by atoms with Gasteiger partial charge in [0.05, 0.1) is 16.6 Å². The van der Waals surface area contributed by atoms with E-state index < -0.39 is 0 Å². The molecule has 1 unspecified atom stereocenters. The second-order valence-electron chi connectivity index (χ2n) is 2.33. The van der Waals surface area contributed by atoms with Crippen LogP contribution in [-0.2, 0) is 0 Å². The van der Waals surface area contributed by atoms with Gasteiger partial charge < -0.3 is 0 Å². The molecule has 0 N–H and O–H groups in total. The Bertz CT molecular complexity index is 222. The van der Waals surface area contributed by atoms with Gasteiger partial charge in [0, 0.05) is 12.4 Å². The van der Waals surface area contributed by atoms with E-state index in [9.17, 15) is 0 Å². The second kappa shape index (κ2) is 3.97. The molecule has 0 aliphatic heterocycles. The molecule has 0 saturated carbocycles. The predicted molar refractivity (Wildman–Crippen MR) is 51.8 cm³/mol. The lowest BCUT2D eigenvalue weighted by Crippen LogP contribution is -1.93. The lowest BCUT2D eigenvalue weighted by Gasteiger charge is -2.04. The zero-order chi connectivity index (χ0) is 8.27. The number of nitrogens with zero attached hydrogens (tertiary/aromatic N) is 2. The summed E-state index contributed by atoms with van der Waals surface area (Å²) in [6, 6.07) is 0. The van der Waals surface area contributed by atoms with Crippen LogP contribution in [0.2, 0.25) is 0 Å². The summed E-state index contributed by atoms with van der Waals surface area (Å²) < 4.78 is 0. The van der Waals surface area contributed by atoms with Gasteiger partial charge in [-0.3, -0.25) is 9.97 Å². The van der Waals surface area contributed by atoms with Crippen LogP contribution in [0.5, 0.6) is 0 Å². The molecular formula is C7H10N2S2. The van der Waals surface area contributed by atoms with Crippen molar-refractivity contribution >= 4 is 22.5 Å². The Labute approximate surface area is 75.6 Å². The van der Waals surface area contributed by atoms with E-state index >= 15 is 0 Å². The van der Waals surface area contributed by atoms with E-state index in [0.29, 0.717) is 5.25 Å². The van der Waals surface area contributed by atoms with Crippen LogP contribution in [0.25, 0.3) is 0 Å². The van der Waals surface area contributed by atoms with Crippen LogP contribution in [0, 0.1) is 6.92 Å². The molecule has 0 radical (unpaired) electrons. The fourth-order valence-corrected chi connectivity index (χ4v) is 1.22. The van der Waals surface area contributed by atoms with Crippen molar-refractivity contribution in [2.24, 2.45) is 0 Å². The van der Waals surface area contributed by atoms with Gasteiger partial charge in [0.15, 0.2) is 0 Å². The molecule has 1 aromatic heterocycles. The van der Waals surface area contributed by atoms with E-state index in [1.165, 1.54) is 10.8 Å². The molecule has 60 valence electrons. The highest BCUT2D eigenvalue weighted by atomic mass is 33.1.